The number of nitrogens with zero attached hydrogens (tertiary/aromatic N) is 2. The fraction of sp³-hybridized carbons (Fsp3) is 0.571. The van der Waals surface area contributed by atoms with Crippen LogP contribution in [0.1, 0.15) is 48.8 Å². The molecule has 2 saturated heterocycles. The van der Waals surface area contributed by atoms with E-state index in [-0.39, 0.29) is 11.0 Å². The van der Waals surface area contributed by atoms with Crippen LogP contribution in [0.3, 0.4) is 0 Å². The first-order valence-electron chi connectivity index (χ1n) is 12.9. The minimum absolute atomic E-state index is 0.0153. The fourth-order valence-corrected chi connectivity index (χ4v) is 8.10. The van der Waals surface area contributed by atoms with Crippen molar-refractivity contribution in [3.63, 3.8) is 0 Å². The summed E-state index contributed by atoms with van der Waals surface area (Å²) in [7, 11) is 0. The normalized spacial score (nSPS) is 36.8. The largest absolute Gasteiger partial charge is 0.372 e. The molecule has 5 atom stereocenters. The van der Waals surface area contributed by atoms with Crippen molar-refractivity contribution in [2.45, 2.75) is 68.2 Å². The molecular weight excluding hydrogens is 410 g/mol. The molecule has 33 heavy (non-hydrogen) atoms. The van der Waals surface area contributed by atoms with Gasteiger partial charge in [-0.1, -0.05) is 36.4 Å². The monoisotopic (exact) mass is 443 g/mol. The molecule has 0 aromatic heterocycles. The van der Waals surface area contributed by atoms with Crippen molar-refractivity contribution < 1.29 is 4.74 Å². The van der Waals surface area contributed by atoms with Crippen molar-refractivity contribution in [2.75, 3.05) is 19.7 Å². The van der Waals surface area contributed by atoms with E-state index in [4.69, 9.17) is 4.74 Å². The van der Waals surface area contributed by atoms with Crippen LogP contribution < -0.4 is 5.32 Å². The number of ether oxygens (including phenoxy) is 1. The van der Waals surface area contributed by atoms with Gasteiger partial charge in [-0.3, -0.25) is 4.90 Å². The van der Waals surface area contributed by atoms with Crippen LogP contribution in [0, 0.1) is 16.7 Å². The van der Waals surface area contributed by atoms with Gasteiger partial charge in [0.05, 0.1) is 12.2 Å². The van der Waals surface area contributed by atoms with Gasteiger partial charge in [-0.05, 0) is 85.0 Å². The molecule has 3 aliphatic carbocycles. The molecule has 7 rings (SSSR count). The number of piperidine rings is 1. The summed E-state index contributed by atoms with van der Waals surface area (Å²) in [6, 6.07) is 17.8. The number of hydrogen-bond acceptors (Lipinski definition) is 5. The Balaban J connectivity index is 1.29. The van der Waals surface area contributed by atoms with E-state index in [2.05, 4.69) is 57.9 Å². The Morgan fingerprint density at radius 3 is 2.79 bits per heavy atom. The summed E-state index contributed by atoms with van der Waals surface area (Å²) in [4.78, 5) is 14.3. The van der Waals surface area contributed by atoms with Gasteiger partial charge in [-0.25, -0.2) is 0 Å². The van der Waals surface area contributed by atoms with Gasteiger partial charge >= 0.3 is 0 Å². The highest BCUT2D eigenvalue weighted by Crippen LogP contribution is 2.66. The summed E-state index contributed by atoms with van der Waals surface area (Å²) >= 11 is 0. The number of nitroso groups, excluding NO2 is 1. The molecule has 2 aliphatic heterocycles. The van der Waals surface area contributed by atoms with Crippen LogP contribution in [-0.4, -0.2) is 42.3 Å². The van der Waals surface area contributed by atoms with E-state index in [9.17, 15) is 4.91 Å². The Labute approximate surface area is 195 Å². The second kappa shape index (κ2) is 7.46. The molecule has 0 amide bonds. The zero-order chi connectivity index (χ0) is 22.0. The quantitative estimate of drug-likeness (QED) is 0.658. The Bertz CT molecular complexity index is 1070. The highest BCUT2D eigenvalue weighted by atomic mass is 16.5. The third-order valence-electron chi connectivity index (χ3n) is 9.69. The third kappa shape index (κ3) is 2.88. The Morgan fingerprint density at radius 1 is 1.09 bits per heavy atom. The van der Waals surface area contributed by atoms with E-state index in [0.717, 1.165) is 51.3 Å². The molecule has 0 radical (unpaired) electrons. The van der Waals surface area contributed by atoms with Crippen molar-refractivity contribution in [1.82, 2.24) is 10.2 Å². The molecule has 2 saturated carbocycles. The number of benzene rings is 2. The lowest BCUT2D eigenvalue weighted by molar-refractivity contribution is -0.149. The van der Waals surface area contributed by atoms with E-state index in [1.54, 1.807) is 0 Å². The van der Waals surface area contributed by atoms with Crippen LogP contribution in [0.15, 0.2) is 53.7 Å². The lowest BCUT2D eigenvalue weighted by atomic mass is 9.46. The molecule has 5 nitrogen and oxygen atoms in total. The van der Waals surface area contributed by atoms with Gasteiger partial charge in [-0.2, -0.15) is 0 Å². The lowest BCUT2D eigenvalue weighted by Gasteiger charge is -2.64. The summed E-state index contributed by atoms with van der Waals surface area (Å²) in [5.41, 5.74) is 4.55. The molecule has 5 aliphatic rings. The van der Waals surface area contributed by atoms with Crippen LogP contribution >= 0.6 is 0 Å². The van der Waals surface area contributed by atoms with E-state index in [0.29, 0.717) is 23.7 Å². The lowest BCUT2D eigenvalue weighted by Crippen LogP contribution is -2.74. The fourth-order valence-electron chi connectivity index (χ4n) is 8.10. The Hall–Kier alpha value is -2.08. The van der Waals surface area contributed by atoms with Crippen molar-refractivity contribution in [1.29, 1.82) is 0 Å². The Morgan fingerprint density at radius 2 is 1.97 bits per heavy atom. The predicted octanol–water partition coefficient (Wildman–Crippen LogP) is 4.70. The van der Waals surface area contributed by atoms with Crippen molar-refractivity contribution >= 4 is 5.69 Å². The van der Waals surface area contributed by atoms with Crippen LogP contribution in [0.2, 0.25) is 0 Å². The molecular formula is C28H33N3O2. The molecule has 5 heteroatoms. The number of fused-ring (bicyclic) bond motifs is 1. The first-order chi connectivity index (χ1) is 16.2. The minimum Gasteiger partial charge on any atom is -0.372 e. The second-order valence-electron chi connectivity index (χ2n) is 11.1. The summed E-state index contributed by atoms with van der Waals surface area (Å²) in [6.07, 6.45) is 7.20. The molecule has 2 heterocycles. The number of rotatable bonds is 6. The van der Waals surface area contributed by atoms with Gasteiger partial charge in [-0.15, -0.1) is 4.91 Å². The first-order valence-corrected chi connectivity index (χ1v) is 12.9. The third-order valence-corrected chi connectivity index (χ3v) is 9.69. The standard InChI is InChI=1S/C28H33N3O2/c32-30-22-9-8-21-14-26-28-11-10-25(29-16-19-4-2-1-3-5-19)24(18-33-28)27(28,23(21)15-22)12-13-31(26)17-20-6-7-20/h1-5,8-9,15,20,24-26,29H,6-7,10-14,16-18H2. The van der Waals surface area contributed by atoms with E-state index >= 15 is 0 Å². The summed E-state index contributed by atoms with van der Waals surface area (Å²) in [6.45, 7) is 4.09. The topological polar surface area (TPSA) is 53.9 Å². The van der Waals surface area contributed by atoms with Crippen LogP contribution in [0.4, 0.5) is 5.69 Å². The Kier molecular flexibility index (Phi) is 4.59. The van der Waals surface area contributed by atoms with Crippen LogP contribution in [-0.2, 0) is 23.1 Å². The van der Waals surface area contributed by atoms with Crippen molar-refractivity contribution in [3.8, 4) is 0 Å². The van der Waals surface area contributed by atoms with Gasteiger partial charge in [0.15, 0.2) is 0 Å². The van der Waals surface area contributed by atoms with E-state index in [1.807, 2.05) is 6.07 Å². The van der Waals surface area contributed by atoms with Gasteiger partial charge in [0.2, 0.25) is 0 Å². The molecule has 5 unspecified atom stereocenters. The maximum atomic E-state index is 11.5. The summed E-state index contributed by atoms with van der Waals surface area (Å²) in [5, 5.41) is 7.26. The van der Waals surface area contributed by atoms with Crippen LogP contribution in [0.25, 0.3) is 0 Å². The molecule has 0 spiro atoms. The zero-order valence-corrected chi connectivity index (χ0v) is 19.2. The molecule has 2 aromatic carbocycles. The number of hydrogen-bond donors (Lipinski definition) is 1. The van der Waals surface area contributed by atoms with E-state index in [1.165, 1.54) is 36.1 Å². The van der Waals surface area contributed by atoms with Crippen LogP contribution in [0.5, 0.6) is 0 Å². The minimum atomic E-state index is -0.121. The molecule has 4 fully saturated rings. The highest BCUT2D eigenvalue weighted by molar-refractivity contribution is 5.54. The molecule has 172 valence electrons. The molecule has 1 N–H and O–H groups in total. The first kappa shape index (κ1) is 20.3. The van der Waals surface area contributed by atoms with Gasteiger partial charge < -0.3 is 10.1 Å². The maximum absolute atomic E-state index is 11.5. The van der Waals surface area contributed by atoms with Crippen molar-refractivity contribution in [2.24, 2.45) is 17.0 Å². The highest BCUT2D eigenvalue weighted by Gasteiger charge is 2.73. The van der Waals surface area contributed by atoms with E-state index < -0.39 is 0 Å². The zero-order valence-electron chi connectivity index (χ0n) is 19.2. The average molecular weight is 444 g/mol. The SMILES string of the molecule is O=Nc1ccc2c(c1)C13CCN(CC4CC4)C(C2)C12CCC(NCc1ccccc1)C3CO2. The van der Waals surface area contributed by atoms with Gasteiger partial charge in [0, 0.05) is 36.5 Å². The summed E-state index contributed by atoms with van der Waals surface area (Å²) < 4.78 is 6.98. The van der Waals surface area contributed by atoms with Gasteiger partial charge in [0.1, 0.15) is 5.69 Å². The number of likely N-dealkylation sites (tertiary alicyclic amines) is 1. The second-order valence-corrected chi connectivity index (χ2v) is 11.1. The predicted molar refractivity (Wildman–Crippen MR) is 128 cm³/mol. The maximum Gasteiger partial charge on any atom is 0.108 e. The molecule has 4 bridgehead atoms. The summed E-state index contributed by atoms with van der Waals surface area (Å²) in [5.74, 6) is 1.32. The smallest absolute Gasteiger partial charge is 0.108 e. The molecule has 2 aromatic rings. The number of nitrogens with one attached hydrogen (secondary N) is 1. The average Bonchev–Trinajstić information content (AvgIpc) is 3.63. The van der Waals surface area contributed by atoms with Gasteiger partial charge in [0.25, 0.3) is 0 Å². The van der Waals surface area contributed by atoms with Crippen molar-refractivity contribution in [3.05, 3.63) is 70.1 Å².